The third-order valence-corrected chi connectivity index (χ3v) is 6.21. The van der Waals surface area contributed by atoms with Crippen molar-refractivity contribution in [2.75, 3.05) is 14.2 Å². The van der Waals surface area contributed by atoms with Crippen LogP contribution in [0.2, 0.25) is 0 Å². The zero-order valence-corrected chi connectivity index (χ0v) is 20.6. The molecule has 37 heavy (non-hydrogen) atoms. The molecular weight excluding hydrogens is 468 g/mol. The standard InChI is InChI=1S/C29H26N4O4/c1-17(18-6-4-7-21(14-18)36-2)31-28(35)20-9-11-24-25(16-20)33-27(32-24)23-15-19(10-12-26(23)34)22-8-5-13-30-29(22)37-3/h4-17,34H,1-3H3,(H,31,35)(H,32,33)/t17-/m1/s1. The highest BCUT2D eigenvalue weighted by atomic mass is 16.5. The van der Waals surface area contributed by atoms with E-state index in [4.69, 9.17) is 9.47 Å². The first kappa shape index (κ1) is 23.9. The number of carbonyl (C=O) groups is 1. The van der Waals surface area contributed by atoms with Gasteiger partial charge in [0, 0.05) is 17.3 Å². The lowest BCUT2D eigenvalue weighted by molar-refractivity contribution is 0.0940. The Balaban J connectivity index is 1.43. The number of aromatic amines is 1. The van der Waals surface area contributed by atoms with Crippen LogP contribution in [-0.2, 0) is 0 Å². The maximum atomic E-state index is 13.0. The van der Waals surface area contributed by atoms with Crippen LogP contribution in [0.4, 0.5) is 0 Å². The van der Waals surface area contributed by atoms with Gasteiger partial charge in [0.1, 0.15) is 17.3 Å². The van der Waals surface area contributed by atoms with Crippen molar-refractivity contribution in [3.63, 3.8) is 0 Å². The van der Waals surface area contributed by atoms with Gasteiger partial charge in [0.15, 0.2) is 0 Å². The second-order valence-electron chi connectivity index (χ2n) is 8.58. The molecule has 0 aliphatic carbocycles. The van der Waals surface area contributed by atoms with Crippen LogP contribution >= 0.6 is 0 Å². The van der Waals surface area contributed by atoms with Crippen LogP contribution < -0.4 is 14.8 Å². The summed E-state index contributed by atoms with van der Waals surface area (Å²) in [6, 6.07) is 21.6. The van der Waals surface area contributed by atoms with Crippen LogP contribution in [-0.4, -0.2) is 40.2 Å². The van der Waals surface area contributed by atoms with Gasteiger partial charge in [0.2, 0.25) is 5.88 Å². The monoisotopic (exact) mass is 494 g/mol. The number of methoxy groups -OCH3 is 2. The molecule has 186 valence electrons. The number of hydrogen-bond donors (Lipinski definition) is 3. The Morgan fingerprint density at radius 2 is 1.84 bits per heavy atom. The first-order valence-electron chi connectivity index (χ1n) is 11.7. The highest BCUT2D eigenvalue weighted by molar-refractivity contribution is 5.98. The van der Waals surface area contributed by atoms with Gasteiger partial charge in [0.05, 0.1) is 36.9 Å². The number of H-pyrrole nitrogens is 1. The maximum absolute atomic E-state index is 13.0. The third-order valence-electron chi connectivity index (χ3n) is 6.21. The Hall–Kier alpha value is -4.85. The van der Waals surface area contributed by atoms with Gasteiger partial charge >= 0.3 is 0 Å². The molecule has 0 aliphatic rings. The molecule has 0 aliphatic heterocycles. The number of phenolic OH excluding ortho intramolecular Hbond substituents is 1. The molecule has 0 saturated heterocycles. The number of benzene rings is 3. The van der Waals surface area contributed by atoms with E-state index in [1.807, 2.05) is 49.4 Å². The molecule has 2 heterocycles. The number of ether oxygens (including phenoxy) is 2. The zero-order chi connectivity index (χ0) is 25.9. The molecule has 1 atom stereocenters. The van der Waals surface area contributed by atoms with E-state index in [0.29, 0.717) is 33.9 Å². The van der Waals surface area contributed by atoms with Crippen molar-refractivity contribution in [1.82, 2.24) is 20.3 Å². The molecule has 0 saturated carbocycles. The van der Waals surface area contributed by atoms with Crippen molar-refractivity contribution in [2.24, 2.45) is 0 Å². The van der Waals surface area contributed by atoms with Gasteiger partial charge in [-0.25, -0.2) is 9.97 Å². The number of hydrogen-bond acceptors (Lipinski definition) is 6. The molecule has 3 N–H and O–H groups in total. The summed E-state index contributed by atoms with van der Waals surface area (Å²) >= 11 is 0. The molecule has 5 aromatic rings. The van der Waals surface area contributed by atoms with Crippen molar-refractivity contribution in [1.29, 1.82) is 0 Å². The molecule has 0 spiro atoms. The number of amides is 1. The Morgan fingerprint density at radius 1 is 0.973 bits per heavy atom. The maximum Gasteiger partial charge on any atom is 0.251 e. The Kier molecular flexibility index (Phi) is 6.47. The molecule has 2 aromatic heterocycles. The minimum Gasteiger partial charge on any atom is -0.507 e. The van der Waals surface area contributed by atoms with Crippen LogP contribution in [0.1, 0.15) is 28.9 Å². The van der Waals surface area contributed by atoms with E-state index < -0.39 is 0 Å². The number of phenols is 1. The Labute approximate surface area is 213 Å². The Bertz CT molecular complexity index is 1590. The highest BCUT2D eigenvalue weighted by Gasteiger charge is 2.16. The number of aromatic hydroxyl groups is 1. The lowest BCUT2D eigenvalue weighted by atomic mass is 10.0. The lowest BCUT2D eigenvalue weighted by Crippen LogP contribution is -2.26. The first-order valence-corrected chi connectivity index (χ1v) is 11.7. The summed E-state index contributed by atoms with van der Waals surface area (Å²) < 4.78 is 10.7. The first-order chi connectivity index (χ1) is 18.0. The zero-order valence-electron chi connectivity index (χ0n) is 20.6. The van der Waals surface area contributed by atoms with Gasteiger partial charge in [-0.2, -0.15) is 0 Å². The third kappa shape index (κ3) is 4.81. The summed E-state index contributed by atoms with van der Waals surface area (Å²) in [5.41, 5.74) is 4.94. The predicted octanol–water partition coefficient (Wildman–Crippen LogP) is 5.51. The second-order valence-corrected chi connectivity index (χ2v) is 8.58. The van der Waals surface area contributed by atoms with Crippen LogP contribution in [0.25, 0.3) is 33.5 Å². The summed E-state index contributed by atoms with van der Waals surface area (Å²) in [5, 5.41) is 13.6. The van der Waals surface area contributed by atoms with E-state index in [0.717, 1.165) is 22.4 Å². The molecule has 0 unspecified atom stereocenters. The summed E-state index contributed by atoms with van der Waals surface area (Å²) in [7, 11) is 3.18. The van der Waals surface area contributed by atoms with Crippen molar-refractivity contribution in [3.8, 4) is 39.9 Å². The molecule has 3 aromatic carbocycles. The Morgan fingerprint density at radius 3 is 2.65 bits per heavy atom. The van der Waals surface area contributed by atoms with E-state index in [1.165, 1.54) is 0 Å². The second kappa shape index (κ2) is 10.0. The summed E-state index contributed by atoms with van der Waals surface area (Å²) in [6.07, 6.45) is 1.66. The number of carbonyl (C=O) groups excluding carboxylic acids is 1. The molecule has 8 heteroatoms. The number of nitrogens with one attached hydrogen (secondary N) is 2. The normalized spacial score (nSPS) is 11.8. The van der Waals surface area contributed by atoms with Crippen LogP contribution in [0, 0.1) is 0 Å². The fourth-order valence-corrected chi connectivity index (χ4v) is 4.22. The van der Waals surface area contributed by atoms with E-state index >= 15 is 0 Å². The largest absolute Gasteiger partial charge is 0.507 e. The fraction of sp³-hybridized carbons (Fsp3) is 0.138. The molecule has 5 rings (SSSR count). The van der Waals surface area contributed by atoms with Crippen LogP contribution in [0.3, 0.4) is 0 Å². The van der Waals surface area contributed by atoms with Gasteiger partial charge in [-0.3, -0.25) is 4.79 Å². The quantitative estimate of drug-likeness (QED) is 0.275. The summed E-state index contributed by atoms with van der Waals surface area (Å²) in [5.74, 6) is 1.58. The summed E-state index contributed by atoms with van der Waals surface area (Å²) in [6.45, 7) is 1.92. The van der Waals surface area contributed by atoms with E-state index in [1.54, 1.807) is 50.7 Å². The number of rotatable bonds is 7. The lowest BCUT2D eigenvalue weighted by Gasteiger charge is -2.15. The smallest absolute Gasteiger partial charge is 0.251 e. The number of fused-ring (bicyclic) bond motifs is 1. The van der Waals surface area contributed by atoms with Crippen molar-refractivity contribution >= 4 is 16.9 Å². The number of nitrogens with zero attached hydrogens (tertiary/aromatic N) is 2. The van der Waals surface area contributed by atoms with Gasteiger partial charge in [-0.05, 0) is 72.6 Å². The minimum absolute atomic E-state index is 0.0794. The van der Waals surface area contributed by atoms with Crippen molar-refractivity contribution < 1.29 is 19.4 Å². The average molecular weight is 495 g/mol. The van der Waals surface area contributed by atoms with Crippen LogP contribution in [0.15, 0.2) is 79.0 Å². The molecular formula is C29H26N4O4. The molecule has 0 bridgehead atoms. The van der Waals surface area contributed by atoms with Gasteiger partial charge < -0.3 is 24.9 Å². The fourth-order valence-electron chi connectivity index (χ4n) is 4.22. The van der Waals surface area contributed by atoms with E-state index in [-0.39, 0.29) is 17.7 Å². The number of imidazole rings is 1. The van der Waals surface area contributed by atoms with E-state index in [9.17, 15) is 9.90 Å². The topological polar surface area (TPSA) is 109 Å². The molecule has 1 amide bonds. The average Bonchev–Trinajstić information content (AvgIpc) is 3.36. The van der Waals surface area contributed by atoms with E-state index in [2.05, 4.69) is 20.3 Å². The number of pyridine rings is 1. The molecule has 8 nitrogen and oxygen atoms in total. The molecule has 0 radical (unpaired) electrons. The van der Waals surface area contributed by atoms with Gasteiger partial charge in [-0.15, -0.1) is 0 Å². The van der Waals surface area contributed by atoms with Crippen molar-refractivity contribution in [2.45, 2.75) is 13.0 Å². The van der Waals surface area contributed by atoms with Crippen molar-refractivity contribution in [3.05, 3.63) is 90.1 Å². The summed E-state index contributed by atoms with van der Waals surface area (Å²) in [4.78, 5) is 25.1. The highest BCUT2D eigenvalue weighted by Crippen LogP contribution is 2.35. The molecule has 0 fully saturated rings. The predicted molar refractivity (Wildman–Crippen MR) is 142 cm³/mol. The minimum atomic E-state index is -0.209. The van der Waals surface area contributed by atoms with Crippen LogP contribution in [0.5, 0.6) is 17.4 Å². The number of aromatic nitrogens is 3. The van der Waals surface area contributed by atoms with Gasteiger partial charge in [0.25, 0.3) is 5.91 Å². The van der Waals surface area contributed by atoms with Gasteiger partial charge in [-0.1, -0.05) is 18.2 Å². The SMILES string of the molecule is COc1cccc([C@@H](C)NC(=O)c2ccc3nc(-c4cc(-c5cccnc5OC)ccc4O)[nH]c3c2)c1.